The van der Waals surface area contributed by atoms with E-state index in [0.29, 0.717) is 12.8 Å². The van der Waals surface area contributed by atoms with Crippen molar-refractivity contribution in [3.8, 4) is 0 Å². The van der Waals surface area contributed by atoms with E-state index in [1.807, 2.05) is 52.0 Å². The Hall–Kier alpha value is -1.64. The molecule has 1 rings (SSSR count). The summed E-state index contributed by atoms with van der Waals surface area (Å²) in [6.45, 7) is 7.73. The van der Waals surface area contributed by atoms with Gasteiger partial charge in [-0.3, -0.25) is 9.59 Å². The Morgan fingerprint density at radius 2 is 1.89 bits per heavy atom. The van der Waals surface area contributed by atoms with E-state index in [1.165, 1.54) is 0 Å². The lowest BCUT2D eigenvalue weighted by atomic mass is 9.87. The van der Waals surface area contributed by atoms with E-state index in [9.17, 15) is 9.59 Å². The van der Waals surface area contributed by atoms with Gasteiger partial charge in [0, 0.05) is 23.9 Å². The van der Waals surface area contributed by atoms with Crippen LogP contribution in [0.3, 0.4) is 0 Å². The molecule has 0 saturated carbocycles. The van der Waals surface area contributed by atoms with Crippen molar-refractivity contribution in [3.63, 3.8) is 0 Å². The normalized spacial score (nSPS) is 11.2. The summed E-state index contributed by atoms with van der Waals surface area (Å²) in [7, 11) is 0. The van der Waals surface area contributed by atoms with Crippen LogP contribution in [0.2, 0.25) is 0 Å². The number of hydrogen-bond donors (Lipinski definition) is 1. The first kappa shape index (κ1) is 15.4. The number of benzene rings is 1. The van der Waals surface area contributed by atoms with E-state index < -0.39 is 0 Å². The Balaban J connectivity index is 2.72. The minimum Gasteiger partial charge on any atom is -0.326 e. The molecule has 0 spiro atoms. The molecule has 0 unspecified atom stereocenters. The maximum atomic E-state index is 12.0. The lowest BCUT2D eigenvalue weighted by Gasteiger charge is -2.16. The van der Waals surface area contributed by atoms with E-state index in [4.69, 9.17) is 0 Å². The van der Waals surface area contributed by atoms with Gasteiger partial charge in [0.2, 0.25) is 5.91 Å². The molecule has 1 amide bonds. The zero-order valence-electron chi connectivity index (χ0n) is 12.2. The standard InChI is InChI=1S/C16H23NO2/c1-5-7-15(19)17-13-9-6-8-12(10-13)11-14(18)16(2,3)4/h6,8-10H,5,7,11H2,1-4H3,(H,17,19). The summed E-state index contributed by atoms with van der Waals surface area (Å²) < 4.78 is 0. The average molecular weight is 261 g/mol. The number of amides is 1. The number of carbonyl (C=O) groups is 2. The van der Waals surface area contributed by atoms with Gasteiger partial charge in [0.1, 0.15) is 5.78 Å². The molecule has 0 aliphatic carbocycles. The fraction of sp³-hybridized carbons (Fsp3) is 0.500. The van der Waals surface area contributed by atoms with Gasteiger partial charge in [-0.05, 0) is 24.1 Å². The predicted molar refractivity (Wildman–Crippen MR) is 78.1 cm³/mol. The fourth-order valence-corrected chi connectivity index (χ4v) is 1.66. The molecule has 3 heteroatoms. The predicted octanol–water partition coefficient (Wildman–Crippen LogP) is 3.58. The van der Waals surface area contributed by atoms with Crippen LogP contribution in [0, 0.1) is 5.41 Å². The van der Waals surface area contributed by atoms with Crippen LogP contribution in [0.4, 0.5) is 5.69 Å². The summed E-state index contributed by atoms with van der Waals surface area (Å²) in [6, 6.07) is 7.50. The Kier molecular flexibility index (Phi) is 5.28. The highest BCUT2D eigenvalue weighted by atomic mass is 16.1. The molecular formula is C16H23NO2. The topological polar surface area (TPSA) is 46.2 Å². The molecule has 104 valence electrons. The molecule has 0 aromatic heterocycles. The molecule has 0 heterocycles. The van der Waals surface area contributed by atoms with E-state index in [-0.39, 0.29) is 17.1 Å². The van der Waals surface area contributed by atoms with Crippen molar-refractivity contribution in [1.82, 2.24) is 0 Å². The van der Waals surface area contributed by atoms with Gasteiger partial charge in [0.15, 0.2) is 0 Å². The van der Waals surface area contributed by atoms with Gasteiger partial charge in [-0.1, -0.05) is 39.8 Å². The summed E-state index contributed by atoms with van der Waals surface area (Å²) in [5, 5.41) is 2.84. The minimum atomic E-state index is -0.332. The van der Waals surface area contributed by atoms with Crippen molar-refractivity contribution in [2.75, 3.05) is 5.32 Å². The Labute approximate surface area is 115 Å². The molecule has 0 bridgehead atoms. The molecule has 19 heavy (non-hydrogen) atoms. The first-order chi connectivity index (χ1) is 8.82. The number of anilines is 1. The number of carbonyl (C=O) groups excluding carboxylic acids is 2. The van der Waals surface area contributed by atoms with Gasteiger partial charge in [0.05, 0.1) is 0 Å². The van der Waals surface area contributed by atoms with Crippen molar-refractivity contribution in [2.45, 2.75) is 47.0 Å². The van der Waals surface area contributed by atoms with Crippen molar-refractivity contribution < 1.29 is 9.59 Å². The van der Waals surface area contributed by atoms with Crippen LogP contribution in [0.1, 0.15) is 46.1 Å². The van der Waals surface area contributed by atoms with E-state index in [1.54, 1.807) is 0 Å². The van der Waals surface area contributed by atoms with Crippen molar-refractivity contribution in [3.05, 3.63) is 29.8 Å². The van der Waals surface area contributed by atoms with Crippen LogP contribution in [0.15, 0.2) is 24.3 Å². The minimum absolute atomic E-state index is 0.0156. The van der Waals surface area contributed by atoms with Gasteiger partial charge >= 0.3 is 0 Å². The molecule has 1 aromatic rings. The van der Waals surface area contributed by atoms with Gasteiger partial charge in [-0.15, -0.1) is 0 Å². The van der Waals surface area contributed by atoms with Gasteiger partial charge in [-0.2, -0.15) is 0 Å². The van der Waals surface area contributed by atoms with Crippen LogP contribution in [0.5, 0.6) is 0 Å². The highest BCUT2D eigenvalue weighted by Crippen LogP contribution is 2.19. The number of rotatable bonds is 5. The third-order valence-corrected chi connectivity index (χ3v) is 2.89. The molecule has 0 aliphatic rings. The molecule has 0 fully saturated rings. The molecular weight excluding hydrogens is 238 g/mol. The lowest BCUT2D eigenvalue weighted by Crippen LogP contribution is -2.22. The van der Waals surface area contributed by atoms with Crippen molar-refractivity contribution in [2.24, 2.45) is 5.41 Å². The van der Waals surface area contributed by atoms with Crippen LogP contribution in [-0.4, -0.2) is 11.7 Å². The zero-order chi connectivity index (χ0) is 14.5. The quantitative estimate of drug-likeness (QED) is 0.880. The second-order valence-electron chi connectivity index (χ2n) is 5.85. The van der Waals surface area contributed by atoms with Crippen LogP contribution in [0.25, 0.3) is 0 Å². The molecule has 0 radical (unpaired) electrons. The molecule has 3 nitrogen and oxygen atoms in total. The number of hydrogen-bond acceptors (Lipinski definition) is 2. The Morgan fingerprint density at radius 1 is 1.21 bits per heavy atom. The summed E-state index contributed by atoms with van der Waals surface area (Å²) >= 11 is 0. The second kappa shape index (κ2) is 6.50. The smallest absolute Gasteiger partial charge is 0.224 e. The highest BCUT2D eigenvalue weighted by Gasteiger charge is 2.21. The number of ketones is 1. The maximum absolute atomic E-state index is 12.0. The van der Waals surface area contributed by atoms with Crippen LogP contribution < -0.4 is 5.32 Å². The number of Topliss-reactive ketones (excluding diaryl/α,β-unsaturated/α-hetero) is 1. The average Bonchev–Trinajstić information content (AvgIpc) is 2.28. The Bertz CT molecular complexity index is 458. The zero-order valence-corrected chi connectivity index (χ0v) is 12.2. The lowest BCUT2D eigenvalue weighted by molar-refractivity contribution is -0.125. The fourth-order valence-electron chi connectivity index (χ4n) is 1.66. The van der Waals surface area contributed by atoms with E-state index in [0.717, 1.165) is 17.7 Å². The Morgan fingerprint density at radius 3 is 2.47 bits per heavy atom. The van der Waals surface area contributed by atoms with E-state index >= 15 is 0 Å². The summed E-state index contributed by atoms with van der Waals surface area (Å²) in [5.74, 6) is 0.214. The van der Waals surface area contributed by atoms with Gasteiger partial charge in [-0.25, -0.2) is 0 Å². The third kappa shape index (κ3) is 5.25. The molecule has 0 atom stereocenters. The first-order valence-electron chi connectivity index (χ1n) is 6.75. The molecule has 1 aromatic carbocycles. The second-order valence-corrected chi connectivity index (χ2v) is 5.85. The first-order valence-corrected chi connectivity index (χ1v) is 6.75. The largest absolute Gasteiger partial charge is 0.326 e. The van der Waals surface area contributed by atoms with Gasteiger partial charge < -0.3 is 5.32 Å². The summed E-state index contributed by atoms with van der Waals surface area (Å²) in [4.78, 5) is 23.5. The highest BCUT2D eigenvalue weighted by molar-refractivity contribution is 5.91. The maximum Gasteiger partial charge on any atom is 0.224 e. The summed E-state index contributed by atoms with van der Waals surface area (Å²) in [5.41, 5.74) is 1.37. The molecule has 0 aliphatic heterocycles. The number of nitrogens with one attached hydrogen (secondary N) is 1. The van der Waals surface area contributed by atoms with Crippen LogP contribution in [-0.2, 0) is 16.0 Å². The monoisotopic (exact) mass is 261 g/mol. The molecule has 1 N–H and O–H groups in total. The third-order valence-electron chi connectivity index (χ3n) is 2.89. The van der Waals surface area contributed by atoms with E-state index in [2.05, 4.69) is 5.32 Å². The van der Waals surface area contributed by atoms with Crippen molar-refractivity contribution >= 4 is 17.4 Å². The molecule has 0 saturated heterocycles. The van der Waals surface area contributed by atoms with Crippen LogP contribution >= 0.6 is 0 Å². The van der Waals surface area contributed by atoms with Gasteiger partial charge in [0.25, 0.3) is 0 Å². The summed E-state index contributed by atoms with van der Waals surface area (Å²) in [6.07, 6.45) is 1.75. The SMILES string of the molecule is CCCC(=O)Nc1cccc(CC(=O)C(C)(C)C)c1. The van der Waals surface area contributed by atoms with Crippen molar-refractivity contribution in [1.29, 1.82) is 0 Å².